The molecule has 0 rings (SSSR count). The third kappa shape index (κ3) is 70.8. The van der Waals surface area contributed by atoms with Crippen molar-refractivity contribution in [1.82, 2.24) is 0 Å². The maximum absolute atomic E-state index is 8.67. The summed E-state index contributed by atoms with van der Waals surface area (Å²) in [5, 5.41) is 0. The third-order valence-electron chi connectivity index (χ3n) is 0. The molecule has 0 spiro atoms. The molecule has 0 saturated carbocycles. The Balaban J connectivity index is -0.0000000450. The summed E-state index contributed by atoms with van der Waals surface area (Å²) >= 11 is -2.61. The molecule has 2 N–H and O–H groups in total. The summed E-state index contributed by atoms with van der Waals surface area (Å²) in [4.78, 5) is 0. The van der Waals surface area contributed by atoms with Crippen LogP contribution in [0.3, 0.4) is 0 Å². The van der Waals surface area contributed by atoms with Gasteiger partial charge < -0.3 is 0 Å². The Morgan fingerprint density at radius 3 is 1.60 bits per heavy atom. The van der Waals surface area contributed by atoms with E-state index in [2.05, 4.69) is 0 Å². The van der Waals surface area contributed by atoms with Gasteiger partial charge in [-0.1, -0.05) is 0 Å². The van der Waals surface area contributed by atoms with E-state index < -0.39 is 11.4 Å². The Morgan fingerprint density at radius 2 is 1.60 bits per heavy atom. The Labute approximate surface area is 46.1 Å². The second-order valence-corrected chi connectivity index (χ2v) is 0.692. The third-order valence-corrected chi connectivity index (χ3v) is 0. The average Bonchev–Trinajstić information content (AvgIpc) is 0.811. The van der Waals surface area contributed by atoms with E-state index in [1.54, 1.807) is 0 Å². The van der Waals surface area contributed by atoms with Crippen molar-refractivity contribution in [2.45, 2.75) is 0 Å². The van der Waals surface area contributed by atoms with E-state index in [1.165, 1.54) is 0 Å². The summed E-state index contributed by atoms with van der Waals surface area (Å²) < 4.78 is 22.8. The van der Waals surface area contributed by atoms with Crippen molar-refractivity contribution in [2.75, 3.05) is 0 Å². The average molecular weight is 148 g/mol. The Morgan fingerprint density at radius 1 is 1.60 bits per heavy atom. The molecule has 0 atom stereocenters. The van der Waals surface area contributed by atoms with Gasteiger partial charge in [-0.25, -0.2) is 0 Å². The fourth-order valence-electron chi connectivity index (χ4n) is 0. The van der Waals surface area contributed by atoms with Crippen LogP contribution in [-0.4, -0.2) is 13.3 Å². The van der Waals surface area contributed by atoms with Gasteiger partial charge in [-0.3, -0.25) is 9.11 Å². The maximum Gasteiger partial charge on any atom is 2.00 e. The van der Waals surface area contributed by atoms with E-state index in [4.69, 9.17) is 13.3 Å². The Hall–Kier alpha value is 0.693. The Kier molecular flexibility index (Phi) is 8.63. The van der Waals surface area contributed by atoms with Gasteiger partial charge in [-0.2, -0.15) is 4.21 Å². The second kappa shape index (κ2) is 4.69. The number of rotatable bonds is 0. The first-order valence-corrected chi connectivity index (χ1v) is 1.60. The largest absolute Gasteiger partial charge is 2.00 e. The van der Waals surface area contributed by atoms with Crippen molar-refractivity contribution < 1.29 is 34.2 Å². The predicted octanol–water partition coefficient (Wildman–Crippen LogP) is -0.209. The van der Waals surface area contributed by atoms with Crippen LogP contribution in [0.15, 0.2) is 0 Å². The minimum absolute atomic E-state index is 0. The SMILES string of the molecule is O=S(O)O.[H+].[Zn+2]. The molecule has 0 heterocycles. The van der Waals surface area contributed by atoms with Crippen LogP contribution in [-0.2, 0) is 30.8 Å². The van der Waals surface area contributed by atoms with Gasteiger partial charge in [0.15, 0.2) is 0 Å². The second-order valence-electron chi connectivity index (χ2n) is 0.231. The van der Waals surface area contributed by atoms with Gasteiger partial charge in [-0.05, 0) is 0 Å². The predicted molar refractivity (Wildman–Crippen MR) is 14.5 cm³/mol. The monoisotopic (exact) mass is 147 g/mol. The van der Waals surface area contributed by atoms with Crippen LogP contribution in [0.2, 0.25) is 0 Å². The normalized spacial score (nSPS) is 7.00. The minimum Gasteiger partial charge on any atom is -0.284 e. The smallest absolute Gasteiger partial charge is 0.284 e. The quantitative estimate of drug-likeness (QED) is 0.369. The molecule has 0 aliphatic heterocycles. The molecule has 0 aromatic rings. The molecule has 0 aromatic carbocycles. The van der Waals surface area contributed by atoms with E-state index in [0.29, 0.717) is 0 Å². The van der Waals surface area contributed by atoms with Crippen molar-refractivity contribution >= 4 is 11.4 Å². The molecule has 3 nitrogen and oxygen atoms in total. The summed E-state index contributed by atoms with van der Waals surface area (Å²) in [7, 11) is 0. The zero-order valence-corrected chi connectivity index (χ0v) is 6.20. The summed E-state index contributed by atoms with van der Waals surface area (Å²) in [6.07, 6.45) is 0. The molecule has 5 heavy (non-hydrogen) atoms. The topological polar surface area (TPSA) is 57.5 Å². The van der Waals surface area contributed by atoms with Gasteiger partial charge in [-0.15, -0.1) is 0 Å². The molecule has 0 unspecified atom stereocenters. The van der Waals surface area contributed by atoms with Crippen LogP contribution in [0.1, 0.15) is 1.43 Å². The van der Waals surface area contributed by atoms with Crippen LogP contribution in [0.5, 0.6) is 0 Å². The molecule has 26 valence electrons. The van der Waals surface area contributed by atoms with Crippen LogP contribution < -0.4 is 0 Å². The standard InChI is InChI=1S/H2O3S.Zn/c1-4(2)3;/h(H2,1,2,3);/q;+2/p+1. The molecule has 0 aromatic heterocycles. The minimum atomic E-state index is -2.61. The summed E-state index contributed by atoms with van der Waals surface area (Å²) in [6.45, 7) is 0. The Bertz CT molecular complexity index is 33.8. The molecule has 0 fully saturated rings. The van der Waals surface area contributed by atoms with E-state index in [-0.39, 0.29) is 20.9 Å². The van der Waals surface area contributed by atoms with E-state index >= 15 is 0 Å². The summed E-state index contributed by atoms with van der Waals surface area (Å²) in [5.74, 6) is 0. The van der Waals surface area contributed by atoms with Crippen molar-refractivity contribution in [3.63, 3.8) is 0 Å². The summed E-state index contributed by atoms with van der Waals surface area (Å²) in [5.41, 5.74) is 0. The van der Waals surface area contributed by atoms with Gasteiger partial charge in [0.1, 0.15) is 0 Å². The van der Waals surface area contributed by atoms with Crippen molar-refractivity contribution in [2.24, 2.45) is 0 Å². The van der Waals surface area contributed by atoms with Gasteiger partial charge in [0.25, 0.3) is 11.4 Å². The van der Waals surface area contributed by atoms with Crippen LogP contribution in [0.4, 0.5) is 0 Å². The van der Waals surface area contributed by atoms with Crippen molar-refractivity contribution in [1.29, 1.82) is 0 Å². The fourth-order valence-corrected chi connectivity index (χ4v) is 0. The first kappa shape index (κ1) is 9.19. The van der Waals surface area contributed by atoms with E-state index in [1.807, 2.05) is 0 Å². The first-order chi connectivity index (χ1) is 1.73. The van der Waals surface area contributed by atoms with Gasteiger partial charge in [0.05, 0.1) is 0 Å². The fraction of sp³-hybridized carbons (Fsp3) is 0. The van der Waals surface area contributed by atoms with Gasteiger partial charge in [0, 0.05) is 0 Å². The molecular formula is H3O3SZn+3. The molecular weight excluding hydrogens is 145 g/mol. The molecule has 0 saturated heterocycles. The van der Waals surface area contributed by atoms with Gasteiger partial charge >= 0.3 is 20.9 Å². The first-order valence-electron chi connectivity index (χ1n) is 0.532. The van der Waals surface area contributed by atoms with Crippen molar-refractivity contribution in [3.05, 3.63) is 0 Å². The van der Waals surface area contributed by atoms with Crippen LogP contribution >= 0.6 is 0 Å². The number of hydrogen-bond acceptors (Lipinski definition) is 1. The molecule has 0 bridgehead atoms. The van der Waals surface area contributed by atoms with Crippen LogP contribution in [0, 0.1) is 0 Å². The van der Waals surface area contributed by atoms with Crippen molar-refractivity contribution in [3.8, 4) is 0 Å². The van der Waals surface area contributed by atoms with E-state index in [0.717, 1.165) is 0 Å². The molecule has 5 heteroatoms. The maximum atomic E-state index is 8.67. The van der Waals surface area contributed by atoms with Crippen LogP contribution in [0.25, 0.3) is 0 Å². The molecule has 0 radical (unpaired) electrons. The molecule has 0 aliphatic carbocycles. The zero-order chi connectivity index (χ0) is 3.58. The number of hydrogen-bond donors (Lipinski definition) is 2. The molecule has 0 amide bonds. The zero-order valence-electron chi connectivity index (χ0n) is 3.42. The molecule has 0 aliphatic rings. The van der Waals surface area contributed by atoms with Gasteiger partial charge in [0.2, 0.25) is 0 Å². The summed E-state index contributed by atoms with van der Waals surface area (Å²) in [6, 6.07) is 0. The van der Waals surface area contributed by atoms with E-state index in [9.17, 15) is 0 Å².